The van der Waals surface area contributed by atoms with Gasteiger partial charge in [-0.15, -0.1) is 5.10 Å². The molecule has 0 aliphatic rings. The zero-order valence-electron chi connectivity index (χ0n) is 18.4. The second-order valence-electron chi connectivity index (χ2n) is 7.21. The molecule has 3 aromatic carbocycles. The van der Waals surface area contributed by atoms with Crippen molar-refractivity contribution in [1.82, 2.24) is 15.2 Å². The minimum absolute atomic E-state index is 0.0449. The summed E-state index contributed by atoms with van der Waals surface area (Å²) in [5.41, 5.74) is 2.36. The van der Waals surface area contributed by atoms with Gasteiger partial charge in [0.25, 0.3) is 0 Å². The number of thioether (sulfide) groups is 1. The largest absolute Gasteiger partial charge is 0.493 e. The fraction of sp³-hybridized carbons (Fsp3) is 0.0800. The molecule has 1 heterocycles. The van der Waals surface area contributed by atoms with E-state index in [0.29, 0.717) is 39.5 Å². The highest BCUT2D eigenvalue weighted by Crippen LogP contribution is 2.32. The highest BCUT2D eigenvalue weighted by atomic mass is 35.5. The van der Waals surface area contributed by atoms with Crippen LogP contribution in [0.5, 0.6) is 11.5 Å². The van der Waals surface area contributed by atoms with Crippen LogP contribution < -0.4 is 9.47 Å². The fourth-order valence-electron chi connectivity index (χ4n) is 3.05. The van der Waals surface area contributed by atoms with Crippen molar-refractivity contribution in [3.63, 3.8) is 0 Å². The number of ether oxygens (including phenoxy) is 2. The van der Waals surface area contributed by atoms with E-state index >= 15 is 0 Å². The second-order valence-corrected chi connectivity index (χ2v) is 9.10. The van der Waals surface area contributed by atoms with E-state index in [1.165, 1.54) is 13.2 Å². The molecule has 0 spiro atoms. The highest BCUT2D eigenvalue weighted by Gasteiger charge is 2.15. The lowest BCUT2D eigenvalue weighted by atomic mass is 10.2. The van der Waals surface area contributed by atoms with Gasteiger partial charge in [-0.1, -0.05) is 41.4 Å². The van der Waals surface area contributed by atoms with Gasteiger partial charge in [0.2, 0.25) is 5.16 Å². The molecular weight excluding hydrogens is 509 g/mol. The summed E-state index contributed by atoms with van der Waals surface area (Å²) in [7, 11) is 1.52. The maximum absolute atomic E-state index is 11.9. The van der Waals surface area contributed by atoms with Gasteiger partial charge >= 0.3 is 5.97 Å². The van der Waals surface area contributed by atoms with Gasteiger partial charge in [0.05, 0.1) is 7.11 Å². The average molecular weight is 528 g/mol. The fourth-order valence-corrected chi connectivity index (χ4v) is 4.01. The third-order valence-corrected chi connectivity index (χ3v) is 6.17. The van der Waals surface area contributed by atoms with Crippen molar-refractivity contribution in [1.29, 1.82) is 0 Å². The van der Waals surface area contributed by atoms with Crippen molar-refractivity contribution < 1.29 is 19.4 Å². The molecule has 0 unspecified atom stereocenters. The molecule has 0 aliphatic heterocycles. The standard InChI is InChI=1S/C25H19Cl2N3O4S/c1-33-21-12-16(4-11-20(21)34-14-15-2-7-18(26)8-3-15)13-22(24(31)32)35-25-28-23(29-30-25)17-5-9-19(27)10-6-17/h2-13H,14H2,1H3,(H,31,32)(H,28,29,30)/b22-13-. The van der Waals surface area contributed by atoms with Crippen LogP contribution in [0.25, 0.3) is 17.5 Å². The highest BCUT2D eigenvalue weighted by molar-refractivity contribution is 8.04. The zero-order chi connectivity index (χ0) is 24.8. The minimum Gasteiger partial charge on any atom is -0.493 e. The Kier molecular flexibility index (Phi) is 7.97. The summed E-state index contributed by atoms with van der Waals surface area (Å²) in [5, 5.41) is 18.2. The first-order valence-corrected chi connectivity index (χ1v) is 11.8. The van der Waals surface area contributed by atoms with Crippen LogP contribution in [0.4, 0.5) is 0 Å². The Labute approximate surface area is 215 Å². The number of methoxy groups -OCH3 is 1. The number of halogens is 2. The van der Waals surface area contributed by atoms with Crippen LogP contribution in [-0.2, 0) is 11.4 Å². The van der Waals surface area contributed by atoms with Crippen molar-refractivity contribution >= 4 is 47.0 Å². The number of carboxylic acid groups (broad SMARTS) is 1. The maximum atomic E-state index is 11.9. The van der Waals surface area contributed by atoms with Gasteiger partial charge < -0.3 is 14.6 Å². The molecule has 35 heavy (non-hydrogen) atoms. The van der Waals surface area contributed by atoms with Gasteiger partial charge in [0.1, 0.15) is 11.5 Å². The Morgan fingerprint density at radius 2 is 1.71 bits per heavy atom. The first-order valence-electron chi connectivity index (χ1n) is 10.3. The number of hydrogen-bond donors (Lipinski definition) is 2. The van der Waals surface area contributed by atoms with Crippen molar-refractivity contribution in [3.8, 4) is 22.9 Å². The van der Waals surface area contributed by atoms with Gasteiger partial charge in [-0.25, -0.2) is 9.78 Å². The molecule has 1 aromatic heterocycles. The molecule has 0 radical (unpaired) electrons. The van der Waals surface area contributed by atoms with Crippen molar-refractivity contribution in [2.24, 2.45) is 0 Å². The van der Waals surface area contributed by atoms with Gasteiger partial charge in [-0.2, -0.15) is 0 Å². The predicted octanol–water partition coefficient (Wildman–Crippen LogP) is 6.58. The Bertz CT molecular complexity index is 1360. The quantitative estimate of drug-likeness (QED) is 0.187. The number of nitrogens with zero attached hydrogens (tertiary/aromatic N) is 2. The van der Waals surface area contributed by atoms with E-state index < -0.39 is 5.97 Å². The Balaban J connectivity index is 1.50. The molecule has 0 saturated carbocycles. The molecule has 2 N–H and O–H groups in total. The third kappa shape index (κ3) is 6.57. The number of aromatic amines is 1. The molecule has 178 valence electrons. The number of hydrogen-bond acceptors (Lipinski definition) is 6. The number of carbonyl (C=O) groups is 1. The summed E-state index contributed by atoms with van der Waals surface area (Å²) in [5.74, 6) is 0.420. The molecule has 0 fully saturated rings. The van der Waals surface area contributed by atoms with Crippen LogP contribution in [0.3, 0.4) is 0 Å². The smallest absolute Gasteiger partial charge is 0.342 e. The third-order valence-electron chi connectivity index (χ3n) is 4.79. The first-order chi connectivity index (χ1) is 16.9. The molecule has 4 aromatic rings. The number of carboxylic acids is 1. The lowest BCUT2D eigenvalue weighted by molar-refractivity contribution is -0.131. The van der Waals surface area contributed by atoms with Gasteiger partial charge in [-0.05, 0) is 77.5 Å². The summed E-state index contributed by atoms with van der Waals surface area (Å²) in [4.78, 5) is 16.3. The summed E-state index contributed by atoms with van der Waals surface area (Å²) in [6.45, 7) is 0.333. The number of benzene rings is 3. The van der Waals surface area contributed by atoms with Gasteiger partial charge in [0.15, 0.2) is 17.3 Å². The van der Waals surface area contributed by atoms with E-state index in [2.05, 4.69) is 15.2 Å². The van der Waals surface area contributed by atoms with Gasteiger partial charge in [-0.3, -0.25) is 5.10 Å². The number of rotatable bonds is 9. The molecule has 4 rings (SSSR count). The number of H-pyrrole nitrogens is 1. The Morgan fingerprint density at radius 3 is 2.37 bits per heavy atom. The van der Waals surface area contributed by atoms with Crippen molar-refractivity contribution in [2.45, 2.75) is 11.8 Å². The molecule has 0 aliphatic carbocycles. The lowest BCUT2D eigenvalue weighted by Crippen LogP contribution is -1.99. The number of aromatic nitrogens is 3. The molecule has 0 saturated heterocycles. The molecule has 7 nitrogen and oxygen atoms in total. The van der Waals surface area contributed by atoms with Crippen LogP contribution in [0.2, 0.25) is 10.0 Å². The van der Waals surface area contributed by atoms with E-state index in [1.807, 2.05) is 12.1 Å². The van der Waals surface area contributed by atoms with Crippen molar-refractivity contribution in [3.05, 3.63) is 92.8 Å². The molecule has 10 heteroatoms. The summed E-state index contributed by atoms with van der Waals surface area (Å²) in [6.07, 6.45) is 1.52. The van der Waals surface area contributed by atoms with E-state index in [-0.39, 0.29) is 10.1 Å². The van der Waals surface area contributed by atoms with Crippen LogP contribution in [-0.4, -0.2) is 33.4 Å². The summed E-state index contributed by atoms with van der Waals surface area (Å²) in [6, 6.07) is 19.6. The van der Waals surface area contributed by atoms with Crippen LogP contribution in [0, 0.1) is 0 Å². The molecule has 0 atom stereocenters. The first kappa shape index (κ1) is 24.7. The second kappa shape index (κ2) is 11.3. The maximum Gasteiger partial charge on any atom is 0.342 e. The van der Waals surface area contributed by atoms with Crippen LogP contribution in [0.15, 0.2) is 76.8 Å². The predicted molar refractivity (Wildman–Crippen MR) is 137 cm³/mol. The van der Waals surface area contributed by atoms with Crippen molar-refractivity contribution in [2.75, 3.05) is 7.11 Å². The number of nitrogens with one attached hydrogen (secondary N) is 1. The summed E-state index contributed by atoms with van der Waals surface area (Å²) < 4.78 is 11.3. The van der Waals surface area contributed by atoms with E-state index in [0.717, 1.165) is 22.9 Å². The molecule has 0 amide bonds. The minimum atomic E-state index is -1.10. The summed E-state index contributed by atoms with van der Waals surface area (Å²) >= 11 is 12.8. The Morgan fingerprint density at radius 1 is 1.03 bits per heavy atom. The monoisotopic (exact) mass is 527 g/mol. The molecule has 0 bridgehead atoms. The molecular formula is C25H19Cl2N3O4S. The van der Waals surface area contributed by atoms with Gasteiger partial charge in [0, 0.05) is 15.6 Å². The van der Waals surface area contributed by atoms with E-state index in [4.69, 9.17) is 32.7 Å². The SMILES string of the molecule is COc1cc(/C=C(\Sc2n[nH]c(-c3ccc(Cl)cc3)n2)C(=O)O)ccc1OCc1ccc(Cl)cc1. The lowest BCUT2D eigenvalue weighted by Gasteiger charge is -2.12. The topological polar surface area (TPSA) is 97.3 Å². The van der Waals surface area contributed by atoms with E-state index in [1.54, 1.807) is 54.6 Å². The van der Waals surface area contributed by atoms with Crippen LogP contribution in [0.1, 0.15) is 11.1 Å². The normalized spacial score (nSPS) is 11.3. The van der Waals surface area contributed by atoms with Crippen LogP contribution >= 0.6 is 35.0 Å². The van der Waals surface area contributed by atoms with E-state index in [9.17, 15) is 9.90 Å². The number of aliphatic carboxylic acids is 1. The Hall–Kier alpha value is -3.46. The average Bonchev–Trinajstić information content (AvgIpc) is 3.32. The zero-order valence-corrected chi connectivity index (χ0v) is 20.7.